The number of thiophene rings is 1. The van der Waals surface area contributed by atoms with Crippen molar-refractivity contribution >= 4 is 90.8 Å². The number of rotatable bonds is 1. The number of fused-ring (bicyclic) bond motifs is 5. The van der Waals surface area contributed by atoms with Gasteiger partial charge in [-0.05, 0) is 52.6 Å². The number of aromatic nitrogens is 1. The molecule has 8 rings (SSSR count). The van der Waals surface area contributed by atoms with E-state index in [0.29, 0.717) is 0 Å². The molecule has 0 aliphatic heterocycles. The maximum atomic E-state index is 3.70. The van der Waals surface area contributed by atoms with Gasteiger partial charge >= 0.3 is 0 Å². The Morgan fingerprint density at radius 1 is 0.576 bits per heavy atom. The fraction of sp³-hybridized carbons (Fsp3) is 0. The van der Waals surface area contributed by atoms with Crippen molar-refractivity contribution in [2.75, 3.05) is 0 Å². The van der Waals surface area contributed by atoms with Crippen LogP contribution in [0.5, 0.6) is 0 Å². The van der Waals surface area contributed by atoms with Gasteiger partial charge in [-0.15, -0.1) is 11.3 Å². The average molecular weight is 502 g/mol. The van der Waals surface area contributed by atoms with Gasteiger partial charge in [0, 0.05) is 46.5 Å². The fourth-order valence-electron chi connectivity index (χ4n) is 5.59. The molecule has 0 unspecified atom stereocenters. The second-order valence-corrected chi connectivity index (χ2v) is 10.7. The molecule has 0 aliphatic carbocycles. The molecule has 3 heteroatoms. The standard InChI is InChI=1S/C30H16BrNS/c31-20-13-19-10-12-23-29-27(33-26(15-20)28(19)29)16-24-22-7-3-4-8-25(22)32(30(23)24)21-11-9-17-5-1-2-6-18(17)14-21/h1-16H. The molecular weight excluding hydrogens is 486 g/mol. The molecule has 2 aromatic heterocycles. The minimum absolute atomic E-state index is 1.14. The van der Waals surface area contributed by atoms with E-state index in [0.717, 1.165) is 4.47 Å². The van der Waals surface area contributed by atoms with Gasteiger partial charge in [-0.1, -0.05) is 76.6 Å². The van der Waals surface area contributed by atoms with Gasteiger partial charge in [-0.25, -0.2) is 0 Å². The van der Waals surface area contributed by atoms with Crippen LogP contribution in [0.2, 0.25) is 0 Å². The van der Waals surface area contributed by atoms with E-state index in [1.807, 2.05) is 11.3 Å². The van der Waals surface area contributed by atoms with Gasteiger partial charge in [0.1, 0.15) is 0 Å². The van der Waals surface area contributed by atoms with E-state index in [1.165, 1.54) is 69.2 Å². The van der Waals surface area contributed by atoms with Crippen LogP contribution in [-0.4, -0.2) is 4.57 Å². The minimum atomic E-state index is 1.14. The molecule has 6 aromatic carbocycles. The highest BCUT2D eigenvalue weighted by atomic mass is 79.9. The topological polar surface area (TPSA) is 4.93 Å². The molecule has 0 N–H and O–H groups in total. The lowest BCUT2D eigenvalue weighted by molar-refractivity contribution is 1.19. The highest BCUT2D eigenvalue weighted by molar-refractivity contribution is 9.10. The Kier molecular flexibility index (Phi) is 3.47. The summed E-state index contributed by atoms with van der Waals surface area (Å²) in [7, 11) is 0. The zero-order valence-electron chi connectivity index (χ0n) is 17.5. The highest BCUT2D eigenvalue weighted by Crippen LogP contribution is 2.47. The smallest absolute Gasteiger partial charge is 0.0620 e. The summed E-state index contributed by atoms with van der Waals surface area (Å²) in [4.78, 5) is 0. The Bertz CT molecular complexity index is 2040. The molecule has 0 atom stereocenters. The second kappa shape index (κ2) is 6.34. The lowest BCUT2D eigenvalue weighted by atomic mass is 9.99. The van der Waals surface area contributed by atoms with Crippen molar-refractivity contribution in [3.63, 3.8) is 0 Å². The third-order valence-electron chi connectivity index (χ3n) is 6.95. The van der Waals surface area contributed by atoms with Gasteiger partial charge in [-0.2, -0.15) is 0 Å². The first-order valence-electron chi connectivity index (χ1n) is 11.1. The second-order valence-electron chi connectivity index (χ2n) is 8.75. The number of nitrogens with zero attached hydrogens (tertiary/aromatic N) is 1. The summed E-state index contributed by atoms with van der Waals surface area (Å²) in [6, 6.07) is 35.7. The van der Waals surface area contributed by atoms with Crippen molar-refractivity contribution in [3.8, 4) is 5.69 Å². The van der Waals surface area contributed by atoms with Crippen LogP contribution in [-0.2, 0) is 0 Å². The molecule has 0 saturated carbocycles. The van der Waals surface area contributed by atoms with Gasteiger partial charge in [0.05, 0.1) is 11.0 Å². The Hall–Kier alpha value is -3.40. The molecule has 1 nitrogen and oxygen atoms in total. The van der Waals surface area contributed by atoms with Crippen LogP contribution < -0.4 is 0 Å². The Balaban J connectivity index is 1.62. The fourth-order valence-corrected chi connectivity index (χ4v) is 7.45. The maximum Gasteiger partial charge on any atom is 0.0620 e. The molecular formula is C30H16BrNS. The van der Waals surface area contributed by atoms with E-state index in [1.54, 1.807) is 0 Å². The molecule has 0 fully saturated rings. The van der Waals surface area contributed by atoms with E-state index < -0.39 is 0 Å². The van der Waals surface area contributed by atoms with E-state index in [9.17, 15) is 0 Å². The summed E-state index contributed by atoms with van der Waals surface area (Å²) >= 11 is 5.60. The quantitative estimate of drug-likeness (QED) is 0.197. The Labute approximate surface area is 201 Å². The summed E-state index contributed by atoms with van der Waals surface area (Å²) in [5.74, 6) is 0. The van der Waals surface area contributed by atoms with Crippen LogP contribution in [0.1, 0.15) is 0 Å². The van der Waals surface area contributed by atoms with Crippen LogP contribution in [0.3, 0.4) is 0 Å². The van der Waals surface area contributed by atoms with E-state index >= 15 is 0 Å². The molecule has 2 heterocycles. The molecule has 0 bridgehead atoms. The predicted octanol–water partition coefficient (Wildman–Crippen LogP) is 9.66. The van der Waals surface area contributed by atoms with Crippen LogP contribution in [0, 0.1) is 0 Å². The van der Waals surface area contributed by atoms with Crippen molar-refractivity contribution in [1.29, 1.82) is 0 Å². The van der Waals surface area contributed by atoms with Crippen LogP contribution in [0.25, 0.3) is 69.2 Å². The monoisotopic (exact) mass is 501 g/mol. The lowest BCUT2D eigenvalue weighted by Crippen LogP contribution is -1.94. The van der Waals surface area contributed by atoms with E-state index in [4.69, 9.17) is 0 Å². The number of para-hydroxylation sites is 1. The van der Waals surface area contributed by atoms with Gasteiger partial charge in [-0.3, -0.25) is 0 Å². The summed E-state index contributed by atoms with van der Waals surface area (Å²) in [6.07, 6.45) is 0. The number of halogens is 1. The number of hydrogen-bond donors (Lipinski definition) is 0. The van der Waals surface area contributed by atoms with Crippen molar-refractivity contribution in [1.82, 2.24) is 4.57 Å². The van der Waals surface area contributed by atoms with Crippen molar-refractivity contribution < 1.29 is 0 Å². The van der Waals surface area contributed by atoms with E-state index in [2.05, 4.69) is 118 Å². The minimum Gasteiger partial charge on any atom is -0.309 e. The van der Waals surface area contributed by atoms with Crippen LogP contribution in [0.4, 0.5) is 0 Å². The molecule has 33 heavy (non-hydrogen) atoms. The Morgan fingerprint density at radius 2 is 1.36 bits per heavy atom. The molecule has 0 amide bonds. The molecule has 0 saturated heterocycles. The third-order valence-corrected chi connectivity index (χ3v) is 8.49. The number of benzene rings is 6. The van der Waals surface area contributed by atoms with E-state index in [-0.39, 0.29) is 0 Å². The third kappa shape index (κ3) is 2.36. The summed E-state index contributed by atoms with van der Waals surface area (Å²) in [5, 5.41) is 10.5. The lowest BCUT2D eigenvalue weighted by Gasteiger charge is -2.12. The van der Waals surface area contributed by atoms with Crippen molar-refractivity contribution in [2.45, 2.75) is 0 Å². The molecule has 0 aliphatic rings. The molecule has 8 aromatic rings. The molecule has 0 spiro atoms. The molecule has 0 radical (unpaired) electrons. The molecule has 154 valence electrons. The maximum absolute atomic E-state index is 3.70. The highest BCUT2D eigenvalue weighted by Gasteiger charge is 2.20. The summed E-state index contributed by atoms with van der Waals surface area (Å²) in [5.41, 5.74) is 3.75. The van der Waals surface area contributed by atoms with Gasteiger partial charge in [0.25, 0.3) is 0 Å². The van der Waals surface area contributed by atoms with Crippen molar-refractivity contribution in [3.05, 3.63) is 102 Å². The predicted molar refractivity (Wildman–Crippen MR) is 148 cm³/mol. The number of hydrogen-bond acceptors (Lipinski definition) is 1. The zero-order valence-corrected chi connectivity index (χ0v) is 19.9. The largest absolute Gasteiger partial charge is 0.309 e. The summed E-state index contributed by atoms with van der Waals surface area (Å²) < 4.78 is 6.30. The van der Waals surface area contributed by atoms with Gasteiger partial charge in [0.15, 0.2) is 0 Å². The normalized spacial score (nSPS) is 12.4. The Morgan fingerprint density at radius 3 is 2.30 bits per heavy atom. The van der Waals surface area contributed by atoms with Crippen LogP contribution in [0.15, 0.2) is 102 Å². The van der Waals surface area contributed by atoms with Gasteiger partial charge in [0.2, 0.25) is 0 Å². The SMILES string of the molecule is Brc1cc2ccc3c4c(cc5c6ccccc6n(-c6ccc7ccccc7c6)c53)sc(c1)c24. The first-order chi connectivity index (χ1) is 16.3. The first-order valence-corrected chi connectivity index (χ1v) is 12.7. The van der Waals surface area contributed by atoms with Crippen molar-refractivity contribution in [2.24, 2.45) is 0 Å². The zero-order chi connectivity index (χ0) is 21.7. The summed E-state index contributed by atoms with van der Waals surface area (Å²) in [6.45, 7) is 0. The average Bonchev–Trinajstić information content (AvgIpc) is 3.37. The van der Waals surface area contributed by atoms with Gasteiger partial charge < -0.3 is 4.57 Å². The first kappa shape index (κ1) is 18.1. The van der Waals surface area contributed by atoms with Crippen LogP contribution >= 0.6 is 27.3 Å².